The summed E-state index contributed by atoms with van der Waals surface area (Å²) in [6.07, 6.45) is 0.207. The van der Waals surface area contributed by atoms with E-state index in [0.717, 1.165) is 10.6 Å². The van der Waals surface area contributed by atoms with E-state index in [4.69, 9.17) is 11.6 Å². The highest BCUT2D eigenvalue weighted by Gasteiger charge is 2.35. The molecule has 5 nitrogen and oxygen atoms in total. The number of carbonyl (C=O) groups excluding carboxylic acids is 2. The van der Waals surface area contributed by atoms with E-state index >= 15 is 0 Å². The summed E-state index contributed by atoms with van der Waals surface area (Å²) < 4.78 is 0. The largest absolute Gasteiger partial charge is 0.351 e. The smallest absolute Gasteiger partial charge is 0.227 e. The van der Waals surface area contributed by atoms with E-state index in [9.17, 15) is 9.59 Å². The van der Waals surface area contributed by atoms with Crippen LogP contribution in [0.4, 0.5) is 5.69 Å². The number of aromatic nitrogens is 1. The van der Waals surface area contributed by atoms with Crippen molar-refractivity contribution >= 4 is 40.4 Å². The van der Waals surface area contributed by atoms with Crippen molar-refractivity contribution in [2.24, 2.45) is 5.92 Å². The zero-order valence-corrected chi connectivity index (χ0v) is 14.2. The lowest BCUT2D eigenvalue weighted by molar-refractivity contribution is -0.126. The minimum Gasteiger partial charge on any atom is -0.351 e. The molecule has 0 saturated carbocycles. The number of hydrogen-bond acceptors (Lipinski definition) is 4. The van der Waals surface area contributed by atoms with Gasteiger partial charge in [-0.1, -0.05) is 23.7 Å². The van der Waals surface area contributed by atoms with Gasteiger partial charge in [0.25, 0.3) is 0 Å². The van der Waals surface area contributed by atoms with Crippen molar-refractivity contribution in [1.82, 2.24) is 10.3 Å². The van der Waals surface area contributed by atoms with Crippen molar-refractivity contribution in [3.8, 4) is 0 Å². The van der Waals surface area contributed by atoms with E-state index in [-0.39, 0.29) is 24.2 Å². The van der Waals surface area contributed by atoms with Crippen molar-refractivity contribution in [1.29, 1.82) is 0 Å². The summed E-state index contributed by atoms with van der Waals surface area (Å²) >= 11 is 7.66. The summed E-state index contributed by atoms with van der Waals surface area (Å²) in [4.78, 5) is 31.3. The first-order chi connectivity index (χ1) is 11.1. The van der Waals surface area contributed by atoms with Crippen LogP contribution in [0.1, 0.15) is 17.0 Å². The number of para-hydroxylation sites is 1. The third-order valence-corrected chi connectivity index (χ3v) is 5.16. The average molecular weight is 350 g/mol. The Labute approximate surface area is 143 Å². The first-order valence-corrected chi connectivity index (χ1v) is 8.53. The maximum absolute atomic E-state index is 12.3. The standard InChI is InChI=1S/C16H16ClN3O2S/c1-10-14(23-9-19-10)7-18-16(22)11-6-15(21)20(8-11)13-5-3-2-4-12(13)17/h2-5,9,11H,6-8H2,1H3,(H,18,22). The van der Waals surface area contributed by atoms with Gasteiger partial charge in [-0.3, -0.25) is 9.59 Å². The predicted octanol–water partition coefficient (Wildman–Crippen LogP) is 2.77. The molecule has 1 fully saturated rings. The number of anilines is 1. The zero-order valence-electron chi connectivity index (χ0n) is 12.6. The number of rotatable bonds is 4. The molecule has 0 bridgehead atoms. The van der Waals surface area contributed by atoms with E-state index in [2.05, 4.69) is 10.3 Å². The van der Waals surface area contributed by atoms with Gasteiger partial charge >= 0.3 is 0 Å². The van der Waals surface area contributed by atoms with Crippen LogP contribution < -0.4 is 10.2 Å². The second kappa shape index (κ2) is 6.68. The number of aryl methyl sites for hydroxylation is 1. The third kappa shape index (κ3) is 3.38. The highest BCUT2D eigenvalue weighted by molar-refractivity contribution is 7.09. The molecule has 23 heavy (non-hydrogen) atoms. The van der Waals surface area contributed by atoms with E-state index in [0.29, 0.717) is 23.8 Å². The molecule has 1 atom stereocenters. The lowest BCUT2D eigenvalue weighted by atomic mass is 10.1. The Morgan fingerprint density at radius 2 is 2.26 bits per heavy atom. The fourth-order valence-corrected chi connectivity index (χ4v) is 3.55. The molecule has 1 aromatic heterocycles. The van der Waals surface area contributed by atoms with Gasteiger partial charge in [-0.15, -0.1) is 11.3 Å². The monoisotopic (exact) mass is 349 g/mol. The van der Waals surface area contributed by atoms with Crippen LogP contribution in [0.25, 0.3) is 0 Å². The van der Waals surface area contributed by atoms with Gasteiger partial charge < -0.3 is 10.2 Å². The van der Waals surface area contributed by atoms with Crippen LogP contribution in [0.15, 0.2) is 29.8 Å². The third-order valence-electron chi connectivity index (χ3n) is 3.91. The SMILES string of the molecule is Cc1ncsc1CNC(=O)C1CC(=O)N(c2ccccc2Cl)C1. The molecule has 7 heteroatoms. The van der Waals surface area contributed by atoms with Crippen LogP contribution in [0.5, 0.6) is 0 Å². The highest BCUT2D eigenvalue weighted by Crippen LogP contribution is 2.31. The second-order valence-corrected chi connectivity index (χ2v) is 6.78. The van der Waals surface area contributed by atoms with Crippen molar-refractivity contribution in [2.45, 2.75) is 19.9 Å². The quantitative estimate of drug-likeness (QED) is 0.923. The zero-order chi connectivity index (χ0) is 16.4. The molecule has 1 saturated heterocycles. The fourth-order valence-electron chi connectivity index (χ4n) is 2.59. The van der Waals surface area contributed by atoms with Gasteiger partial charge in [-0.05, 0) is 19.1 Å². The number of hydrogen-bond donors (Lipinski definition) is 1. The van der Waals surface area contributed by atoms with Crippen LogP contribution >= 0.6 is 22.9 Å². The molecule has 3 rings (SSSR count). The van der Waals surface area contributed by atoms with Gasteiger partial charge in [0.05, 0.1) is 34.4 Å². The summed E-state index contributed by atoms with van der Waals surface area (Å²) in [7, 11) is 0. The Morgan fingerprint density at radius 1 is 1.48 bits per heavy atom. The molecular weight excluding hydrogens is 334 g/mol. The lowest BCUT2D eigenvalue weighted by Gasteiger charge is -2.18. The Hall–Kier alpha value is -1.92. The van der Waals surface area contributed by atoms with Gasteiger partial charge in [0.15, 0.2) is 0 Å². The maximum Gasteiger partial charge on any atom is 0.227 e. The van der Waals surface area contributed by atoms with E-state index in [1.807, 2.05) is 19.1 Å². The van der Waals surface area contributed by atoms with Gasteiger partial charge in [0, 0.05) is 17.8 Å². The van der Waals surface area contributed by atoms with Crippen molar-refractivity contribution in [2.75, 3.05) is 11.4 Å². The molecule has 2 heterocycles. The summed E-state index contributed by atoms with van der Waals surface area (Å²) in [6, 6.07) is 7.17. The molecule has 1 unspecified atom stereocenters. The first kappa shape index (κ1) is 16.0. The number of benzene rings is 1. The van der Waals surface area contributed by atoms with Crippen molar-refractivity contribution in [3.63, 3.8) is 0 Å². The molecule has 120 valence electrons. The molecule has 0 aliphatic carbocycles. The summed E-state index contributed by atoms with van der Waals surface area (Å²) in [5.74, 6) is -0.542. The molecule has 0 radical (unpaired) electrons. The molecule has 1 aliphatic rings. The first-order valence-electron chi connectivity index (χ1n) is 7.28. The minimum absolute atomic E-state index is 0.0766. The Kier molecular flexibility index (Phi) is 4.63. The second-order valence-electron chi connectivity index (χ2n) is 5.44. The minimum atomic E-state index is -0.355. The van der Waals surface area contributed by atoms with Gasteiger partial charge in [0.1, 0.15) is 0 Å². The predicted molar refractivity (Wildman–Crippen MR) is 90.6 cm³/mol. The summed E-state index contributed by atoms with van der Waals surface area (Å²) in [6.45, 7) is 2.72. The van der Waals surface area contributed by atoms with Gasteiger partial charge in [0.2, 0.25) is 11.8 Å². The molecule has 0 spiro atoms. The number of nitrogens with zero attached hydrogens (tertiary/aromatic N) is 2. The number of thiazole rings is 1. The van der Waals surface area contributed by atoms with Crippen LogP contribution in [0.2, 0.25) is 5.02 Å². The van der Waals surface area contributed by atoms with Gasteiger partial charge in [-0.2, -0.15) is 0 Å². The van der Waals surface area contributed by atoms with Crippen LogP contribution in [-0.2, 0) is 16.1 Å². The number of nitrogens with one attached hydrogen (secondary N) is 1. The van der Waals surface area contributed by atoms with E-state index < -0.39 is 0 Å². The van der Waals surface area contributed by atoms with Crippen LogP contribution in [-0.4, -0.2) is 23.3 Å². The van der Waals surface area contributed by atoms with Crippen LogP contribution in [0, 0.1) is 12.8 Å². The number of halogens is 1. The van der Waals surface area contributed by atoms with Crippen LogP contribution in [0.3, 0.4) is 0 Å². The highest BCUT2D eigenvalue weighted by atomic mass is 35.5. The van der Waals surface area contributed by atoms with Crippen molar-refractivity contribution < 1.29 is 9.59 Å². The fraction of sp³-hybridized carbons (Fsp3) is 0.312. The van der Waals surface area contributed by atoms with E-state index in [1.165, 1.54) is 11.3 Å². The Morgan fingerprint density at radius 3 is 2.96 bits per heavy atom. The molecule has 1 aromatic carbocycles. The topological polar surface area (TPSA) is 62.3 Å². The summed E-state index contributed by atoms with van der Waals surface area (Å²) in [5.41, 5.74) is 3.35. The van der Waals surface area contributed by atoms with Crippen molar-refractivity contribution in [3.05, 3.63) is 45.4 Å². The average Bonchev–Trinajstić information content (AvgIpc) is 3.11. The van der Waals surface area contributed by atoms with E-state index in [1.54, 1.807) is 22.5 Å². The Balaban J connectivity index is 1.64. The normalized spacial score (nSPS) is 17.6. The number of carbonyl (C=O) groups is 2. The van der Waals surface area contributed by atoms with Gasteiger partial charge in [-0.25, -0.2) is 4.98 Å². The summed E-state index contributed by atoms with van der Waals surface area (Å²) in [5, 5.41) is 3.41. The molecule has 2 aromatic rings. The molecule has 1 aliphatic heterocycles. The maximum atomic E-state index is 12.3. The molecular formula is C16H16ClN3O2S. The molecule has 1 N–H and O–H groups in total. The Bertz CT molecular complexity index is 746. The lowest BCUT2D eigenvalue weighted by Crippen LogP contribution is -2.32. The number of amides is 2. The molecule has 2 amide bonds.